The maximum atomic E-state index is 13.4. The van der Waals surface area contributed by atoms with Gasteiger partial charge in [-0.05, 0) is 115 Å². The van der Waals surface area contributed by atoms with Gasteiger partial charge in [-0.2, -0.15) is 0 Å². The van der Waals surface area contributed by atoms with Crippen molar-refractivity contribution in [2.75, 3.05) is 7.11 Å². The van der Waals surface area contributed by atoms with E-state index >= 15 is 0 Å². The molecule has 8 rings (SSSR count). The Kier molecular flexibility index (Phi) is 12.1. The Morgan fingerprint density at radius 3 is 1.59 bits per heavy atom. The Bertz CT molecular complexity index is 2850. The lowest BCUT2D eigenvalue weighted by Crippen LogP contribution is -2.15. The maximum Gasteiger partial charge on any atom is 0.346 e. The predicted octanol–water partition coefficient (Wildman–Crippen LogP) is 10.7. The van der Waals surface area contributed by atoms with Crippen LogP contribution in [0.5, 0.6) is 28.7 Å². The van der Waals surface area contributed by atoms with Crippen LogP contribution in [0.3, 0.4) is 0 Å². The molecule has 304 valence electrons. The second kappa shape index (κ2) is 18.5. The monoisotopic (exact) mass is 810 g/mol. The number of esters is 2. The molecule has 0 spiro atoms. The van der Waals surface area contributed by atoms with E-state index < -0.39 is 11.9 Å². The maximum absolute atomic E-state index is 13.4. The van der Waals surface area contributed by atoms with Gasteiger partial charge >= 0.3 is 11.9 Å². The number of aromatic nitrogens is 2. The molecule has 0 unspecified atom stereocenters. The summed E-state index contributed by atoms with van der Waals surface area (Å²) in [6.07, 6.45) is 0. The summed E-state index contributed by atoms with van der Waals surface area (Å²) >= 11 is 0. The van der Waals surface area contributed by atoms with E-state index in [-0.39, 0.29) is 24.3 Å². The van der Waals surface area contributed by atoms with Gasteiger partial charge in [-0.15, -0.1) is 0 Å². The lowest BCUT2D eigenvalue weighted by Gasteiger charge is -2.14. The van der Waals surface area contributed by atoms with Gasteiger partial charge in [-0.1, -0.05) is 72.8 Å². The number of carbonyl (C=O) groups excluding carboxylic acids is 2. The molecule has 0 aliphatic carbocycles. The molecule has 10 heteroatoms. The zero-order valence-electron chi connectivity index (χ0n) is 33.9. The largest absolute Gasteiger partial charge is 0.493 e. The van der Waals surface area contributed by atoms with Crippen molar-refractivity contribution >= 4 is 33.7 Å². The number of carbonyl (C=O) groups is 2. The normalized spacial score (nSPS) is 10.9. The number of methoxy groups -OCH3 is 1. The van der Waals surface area contributed by atoms with Gasteiger partial charge in [-0.3, -0.25) is 0 Å². The lowest BCUT2D eigenvalue weighted by atomic mass is 10.0. The minimum atomic E-state index is -0.826. The van der Waals surface area contributed by atoms with E-state index in [1.807, 2.05) is 121 Å². The Hall–Kier alpha value is -7.72. The van der Waals surface area contributed by atoms with Gasteiger partial charge < -0.3 is 28.4 Å². The first-order valence-electron chi connectivity index (χ1n) is 19.7. The molecule has 0 saturated heterocycles. The van der Waals surface area contributed by atoms with Crippen molar-refractivity contribution in [2.24, 2.45) is 0 Å². The average Bonchev–Trinajstić information content (AvgIpc) is 3.28. The van der Waals surface area contributed by atoms with Gasteiger partial charge in [0.15, 0.2) is 11.5 Å². The molecule has 0 atom stereocenters. The van der Waals surface area contributed by atoms with Gasteiger partial charge in [0.2, 0.25) is 0 Å². The minimum Gasteiger partial charge on any atom is -0.493 e. The molecule has 0 amide bonds. The zero-order valence-corrected chi connectivity index (χ0v) is 33.9. The molecule has 0 aliphatic rings. The third kappa shape index (κ3) is 9.95. The third-order valence-electron chi connectivity index (χ3n) is 9.98. The summed E-state index contributed by atoms with van der Waals surface area (Å²) in [5, 5.41) is 2.15. The lowest BCUT2D eigenvalue weighted by molar-refractivity contribution is 0.0396. The van der Waals surface area contributed by atoms with E-state index in [2.05, 4.69) is 9.97 Å². The van der Waals surface area contributed by atoms with Gasteiger partial charge in [0.1, 0.15) is 43.7 Å². The fourth-order valence-corrected chi connectivity index (χ4v) is 6.91. The van der Waals surface area contributed by atoms with Crippen LogP contribution in [-0.2, 0) is 31.2 Å². The van der Waals surface area contributed by atoms with Crippen molar-refractivity contribution in [1.29, 1.82) is 0 Å². The Labute approximate surface area is 353 Å². The Morgan fingerprint density at radius 2 is 1.02 bits per heavy atom. The van der Waals surface area contributed by atoms with E-state index in [1.165, 1.54) is 19.2 Å². The van der Waals surface area contributed by atoms with E-state index in [4.69, 9.17) is 28.4 Å². The summed E-state index contributed by atoms with van der Waals surface area (Å²) in [6, 6.07) is 47.2. The van der Waals surface area contributed by atoms with Gasteiger partial charge in [0.05, 0.1) is 40.7 Å². The highest BCUT2D eigenvalue weighted by atomic mass is 16.6. The van der Waals surface area contributed by atoms with Crippen molar-refractivity contribution in [2.45, 2.75) is 40.3 Å². The fourth-order valence-electron chi connectivity index (χ4n) is 6.91. The summed E-state index contributed by atoms with van der Waals surface area (Å²) in [6.45, 7) is 4.62. The Balaban J connectivity index is 0.855. The van der Waals surface area contributed by atoms with Crippen LogP contribution in [-0.4, -0.2) is 29.0 Å². The zero-order chi connectivity index (χ0) is 42.1. The van der Waals surface area contributed by atoms with Crippen LogP contribution in [0.1, 0.15) is 54.4 Å². The van der Waals surface area contributed by atoms with Crippen LogP contribution >= 0.6 is 0 Å². The number of hydrogen-bond donors (Lipinski definition) is 0. The van der Waals surface area contributed by atoms with Crippen LogP contribution in [0.25, 0.3) is 21.8 Å². The van der Waals surface area contributed by atoms with Crippen LogP contribution in [0.15, 0.2) is 152 Å². The highest BCUT2D eigenvalue weighted by Crippen LogP contribution is 2.31. The molecule has 2 heterocycles. The van der Waals surface area contributed by atoms with E-state index in [1.54, 1.807) is 32.0 Å². The minimum absolute atomic E-state index is 0.124. The topological polar surface area (TPSA) is 115 Å². The smallest absolute Gasteiger partial charge is 0.346 e. The van der Waals surface area contributed by atoms with Crippen molar-refractivity contribution in [3.8, 4) is 28.7 Å². The number of benzene rings is 6. The molecule has 0 radical (unpaired) electrons. The summed E-state index contributed by atoms with van der Waals surface area (Å²) < 4.78 is 35.2. The highest BCUT2D eigenvalue weighted by Gasteiger charge is 2.21. The first-order valence-corrected chi connectivity index (χ1v) is 19.7. The van der Waals surface area contributed by atoms with Crippen molar-refractivity contribution in [1.82, 2.24) is 9.97 Å². The van der Waals surface area contributed by atoms with E-state index in [0.717, 1.165) is 44.3 Å². The molecular weight excluding hydrogens is 769 g/mol. The number of rotatable bonds is 15. The molecule has 6 aromatic carbocycles. The first-order chi connectivity index (χ1) is 29.8. The fraction of sp³-hybridized carbons (Fsp3) is 0.137. The summed E-state index contributed by atoms with van der Waals surface area (Å²) in [4.78, 5) is 36.1. The van der Waals surface area contributed by atoms with Crippen LogP contribution < -0.4 is 23.7 Å². The molecule has 10 nitrogen and oxygen atoms in total. The van der Waals surface area contributed by atoms with Gasteiger partial charge in [0.25, 0.3) is 0 Å². The average molecular weight is 811 g/mol. The molecule has 61 heavy (non-hydrogen) atoms. The highest BCUT2D eigenvalue weighted by molar-refractivity contribution is 6.04. The van der Waals surface area contributed by atoms with Crippen molar-refractivity contribution in [3.63, 3.8) is 0 Å². The number of hydrogen-bond acceptors (Lipinski definition) is 10. The summed E-state index contributed by atoms with van der Waals surface area (Å²) in [5.74, 6) is 1.05. The SMILES string of the molecule is COc1ccc(C(=O)OC(=O)c2c(C)cc(OCc3cccc(OCc4ccc5ccccc5n4)c3)cc2C)cc1OCc1cccc(OCc2ccc3ccccc3n2)c1. The standard InChI is InChI=1S/C51H42N2O8/c1-33-24-44(57-29-35-10-8-14-42(26-35)58-31-40-21-18-37-12-4-6-16-45(37)52-40)25-34(2)49(33)51(55)61-50(54)39-20-23-47(56-3)48(28-39)60-30-36-11-9-15-43(27-36)59-32-41-22-19-38-13-5-7-17-46(38)53-41/h4-28H,29-32H2,1-3H3. The van der Waals surface area contributed by atoms with Crippen molar-refractivity contribution in [3.05, 3.63) is 196 Å². The number of fused-ring (bicyclic) bond motifs is 2. The van der Waals surface area contributed by atoms with Crippen LogP contribution in [0.4, 0.5) is 0 Å². The molecule has 0 aliphatic heterocycles. The first kappa shape index (κ1) is 40.1. The van der Waals surface area contributed by atoms with Gasteiger partial charge in [-0.25, -0.2) is 19.6 Å². The number of nitrogens with zero attached hydrogens (tertiary/aromatic N) is 2. The molecule has 0 fully saturated rings. The van der Waals surface area contributed by atoms with E-state index in [0.29, 0.717) is 53.1 Å². The number of pyridine rings is 2. The third-order valence-corrected chi connectivity index (χ3v) is 9.98. The molecule has 0 saturated carbocycles. The number of ether oxygens (including phenoxy) is 6. The molecule has 8 aromatic rings. The number of para-hydroxylation sites is 2. The molecular formula is C51H42N2O8. The van der Waals surface area contributed by atoms with E-state index in [9.17, 15) is 9.59 Å². The Morgan fingerprint density at radius 1 is 0.475 bits per heavy atom. The second-order valence-corrected chi connectivity index (χ2v) is 14.4. The molecule has 0 N–H and O–H groups in total. The van der Waals surface area contributed by atoms with Crippen LogP contribution in [0, 0.1) is 13.8 Å². The summed E-state index contributed by atoms with van der Waals surface area (Å²) in [7, 11) is 1.51. The molecule has 2 aromatic heterocycles. The quantitative estimate of drug-likeness (QED) is 0.0732. The molecule has 0 bridgehead atoms. The second-order valence-electron chi connectivity index (χ2n) is 14.4. The van der Waals surface area contributed by atoms with Crippen molar-refractivity contribution < 1.29 is 38.0 Å². The van der Waals surface area contributed by atoms with Crippen LogP contribution in [0.2, 0.25) is 0 Å². The summed E-state index contributed by atoms with van der Waals surface area (Å²) in [5.41, 5.74) is 6.83. The number of aryl methyl sites for hydroxylation is 2. The predicted molar refractivity (Wildman–Crippen MR) is 232 cm³/mol. The van der Waals surface area contributed by atoms with Gasteiger partial charge in [0, 0.05) is 10.8 Å².